The number of carbonyl (C=O) groups is 1. The number of ketones is 1. The Morgan fingerprint density at radius 2 is 1.67 bits per heavy atom. The number of aromatic amines is 1. The second-order valence-corrected chi connectivity index (χ2v) is 13.5. The third kappa shape index (κ3) is 3.92. The number of benzene rings is 2. The fourth-order valence-electron chi connectivity index (χ4n) is 3.01. The van der Waals surface area contributed by atoms with E-state index in [2.05, 4.69) is 45.8 Å². The molecule has 0 aliphatic rings. The van der Waals surface area contributed by atoms with Crippen molar-refractivity contribution in [2.24, 2.45) is 0 Å². The van der Waals surface area contributed by atoms with Crippen molar-refractivity contribution in [3.05, 3.63) is 71.4 Å². The molecule has 0 amide bonds. The summed E-state index contributed by atoms with van der Waals surface area (Å²) >= 11 is 0. The van der Waals surface area contributed by atoms with Crippen LogP contribution >= 0.6 is 0 Å². The van der Waals surface area contributed by atoms with Gasteiger partial charge in [-0.3, -0.25) is 4.79 Å². The van der Waals surface area contributed by atoms with Gasteiger partial charge < -0.3 is 9.41 Å². The molecule has 1 heterocycles. The van der Waals surface area contributed by atoms with Gasteiger partial charge in [-0.05, 0) is 36.7 Å². The van der Waals surface area contributed by atoms with Crippen LogP contribution < -0.4 is 0 Å². The van der Waals surface area contributed by atoms with Crippen LogP contribution in [0.4, 0.5) is 0 Å². The number of H-pyrrole nitrogens is 1. The quantitative estimate of drug-likeness (QED) is 0.407. The molecule has 4 heteroatoms. The zero-order chi connectivity index (χ0) is 19.8. The van der Waals surface area contributed by atoms with Gasteiger partial charge in [-0.25, -0.2) is 0 Å². The van der Waals surface area contributed by atoms with Crippen molar-refractivity contribution in [2.75, 3.05) is 0 Å². The molecule has 0 aliphatic heterocycles. The summed E-state index contributed by atoms with van der Waals surface area (Å²) in [6.07, 6.45) is 1.81. The summed E-state index contributed by atoms with van der Waals surface area (Å²) in [5.41, 5.74) is 3.50. The van der Waals surface area contributed by atoms with Crippen LogP contribution in [0.2, 0.25) is 18.1 Å². The molecule has 1 N–H and O–H groups in total. The lowest BCUT2D eigenvalue weighted by molar-refractivity contribution is 0.104. The first-order valence-corrected chi connectivity index (χ1v) is 12.4. The lowest BCUT2D eigenvalue weighted by Crippen LogP contribution is -2.41. The largest absolute Gasteiger partial charge is 0.410 e. The number of nitrogens with one attached hydrogen (secondary N) is 1. The molecule has 0 aliphatic carbocycles. The lowest BCUT2D eigenvalue weighted by Gasteiger charge is -2.38. The first-order chi connectivity index (χ1) is 12.6. The molecule has 0 spiro atoms. The maximum absolute atomic E-state index is 12.9. The summed E-state index contributed by atoms with van der Waals surface area (Å²) in [7, 11) is -1.83. The van der Waals surface area contributed by atoms with Crippen molar-refractivity contribution in [3.8, 4) is 0 Å². The minimum Gasteiger partial charge on any atom is -0.410 e. The Balaban J connectivity index is 1.80. The van der Waals surface area contributed by atoms with Crippen molar-refractivity contribution in [1.82, 2.24) is 4.98 Å². The highest BCUT2D eigenvalue weighted by Crippen LogP contribution is 2.39. The van der Waals surface area contributed by atoms with Gasteiger partial charge in [-0.15, -0.1) is 0 Å². The smallest absolute Gasteiger partial charge is 0.195 e. The Morgan fingerprint density at radius 3 is 2.30 bits per heavy atom. The molecule has 27 heavy (non-hydrogen) atoms. The van der Waals surface area contributed by atoms with Gasteiger partial charge in [0.25, 0.3) is 0 Å². The number of aromatic nitrogens is 1. The zero-order valence-corrected chi connectivity index (χ0v) is 18.1. The second-order valence-electron chi connectivity index (χ2n) is 8.72. The van der Waals surface area contributed by atoms with Gasteiger partial charge >= 0.3 is 0 Å². The van der Waals surface area contributed by atoms with Crippen LogP contribution in [0.25, 0.3) is 10.9 Å². The number of hydrogen-bond acceptors (Lipinski definition) is 2. The van der Waals surface area contributed by atoms with Gasteiger partial charge in [-0.1, -0.05) is 63.2 Å². The van der Waals surface area contributed by atoms with Crippen molar-refractivity contribution < 1.29 is 9.22 Å². The van der Waals surface area contributed by atoms with Crippen LogP contribution in [-0.2, 0) is 4.43 Å². The van der Waals surface area contributed by atoms with E-state index in [0.717, 1.165) is 16.5 Å². The lowest BCUT2D eigenvalue weighted by atomic mass is 10.0. The summed E-state index contributed by atoms with van der Waals surface area (Å²) in [5, 5.41) is 1.13. The summed E-state index contributed by atoms with van der Waals surface area (Å²) in [6, 6.07) is 15.7. The van der Waals surface area contributed by atoms with Crippen LogP contribution in [0, 0.1) is 0 Å². The third-order valence-corrected chi connectivity index (χ3v) is 10.3. The number of hydrogen-bond donors (Lipinski definition) is 1. The van der Waals surface area contributed by atoms with Gasteiger partial charge in [0.15, 0.2) is 14.1 Å². The summed E-state index contributed by atoms with van der Waals surface area (Å²) < 4.78 is 6.47. The van der Waals surface area contributed by atoms with Crippen molar-refractivity contribution in [3.63, 3.8) is 0 Å². The first-order valence-electron chi connectivity index (χ1n) is 9.49. The Hall–Kier alpha value is -2.17. The van der Waals surface area contributed by atoms with E-state index in [9.17, 15) is 4.79 Å². The molecule has 1 atom stereocenters. The van der Waals surface area contributed by atoms with E-state index in [4.69, 9.17) is 4.43 Å². The van der Waals surface area contributed by atoms with Crippen LogP contribution in [0.1, 0.15) is 55.3 Å². The summed E-state index contributed by atoms with van der Waals surface area (Å²) in [5.74, 6) is 0.0389. The molecule has 3 rings (SSSR count). The predicted molar refractivity (Wildman–Crippen MR) is 115 cm³/mol. The normalized spacial score (nSPS) is 13.7. The average molecular weight is 380 g/mol. The molecule has 142 valence electrons. The number of fused-ring (bicyclic) bond motifs is 1. The third-order valence-electron chi connectivity index (χ3n) is 5.75. The highest BCUT2D eigenvalue weighted by atomic mass is 28.4. The van der Waals surface area contributed by atoms with Gasteiger partial charge in [0.05, 0.1) is 6.10 Å². The molecule has 1 aromatic heterocycles. The maximum Gasteiger partial charge on any atom is 0.195 e. The highest BCUT2D eigenvalue weighted by Gasteiger charge is 2.38. The van der Waals surface area contributed by atoms with E-state index in [1.807, 2.05) is 48.5 Å². The Kier molecular flexibility index (Phi) is 5.15. The standard InChI is InChI=1S/C23H29NO2Si/c1-16(26-27(5,6)23(2,3)4)17-11-13-18(14-12-17)22(25)20-15-24-21-10-8-7-9-19(20)21/h7-16,24H,1-6H3. The zero-order valence-electron chi connectivity index (χ0n) is 17.1. The van der Waals surface area contributed by atoms with E-state index in [1.54, 1.807) is 6.20 Å². The molecule has 0 radical (unpaired) electrons. The van der Waals surface area contributed by atoms with E-state index in [0.29, 0.717) is 11.1 Å². The fraction of sp³-hybridized carbons (Fsp3) is 0.348. The topological polar surface area (TPSA) is 42.1 Å². The predicted octanol–water partition coefficient (Wildman–Crippen LogP) is 6.48. The molecule has 3 nitrogen and oxygen atoms in total. The number of para-hydroxylation sites is 1. The number of carbonyl (C=O) groups excluding carboxylic acids is 1. The SMILES string of the molecule is CC(O[Si](C)(C)C(C)(C)C)c1ccc(C(=O)c2c[nH]c3ccccc23)cc1. The molecule has 3 aromatic rings. The monoisotopic (exact) mass is 379 g/mol. The minimum atomic E-state index is -1.83. The molecule has 0 saturated carbocycles. The molecule has 2 aromatic carbocycles. The van der Waals surface area contributed by atoms with E-state index < -0.39 is 8.32 Å². The molecule has 0 bridgehead atoms. The Labute approximate surface area is 162 Å². The first kappa shape index (κ1) is 19.6. The fourth-order valence-corrected chi connectivity index (χ4v) is 4.38. The van der Waals surface area contributed by atoms with E-state index >= 15 is 0 Å². The molecule has 1 unspecified atom stereocenters. The maximum atomic E-state index is 12.9. The average Bonchev–Trinajstić information content (AvgIpc) is 3.04. The summed E-state index contributed by atoms with van der Waals surface area (Å²) in [6.45, 7) is 13.4. The molecule has 0 saturated heterocycles. The van der Waals surface area contributed by atoms with Crippen molar-refractivity contribution in [1.29, 1.82) is 0 Å². The number of rotatable bonds is 5. The van der Waals surface area contributed by atoms with Crippen molar-refractivity contribution >= 4 is 25.0 Å². The molecular weight excluding hydrogens is 350 g/mol. The van der Waals surface area contributed by atoms with Crippen LogP contribution in [-0.4, -0.2) is 19.1 Å². The summed E-state index contributed by atoms with van der Waals surface area (Å²) in [4.78, 5) is 16.1. The van der Waals surface area contributed by atoms with Gasteiger partial charge in [-0.2, -0.15) is 0 Å². The molecular formula is C23H29NO2Si. The van der Waals surface area contributed by atoms with Crippen LogP contribution in [0.3, 0.4) is 0 Å². The van der Waals surface area contributed by atoms with Crippen molar-refractivity contribution in [2.45, 2.75) is 51.9 Å². The molecule has 0 fully saturated rings. The Bertz CT molecular complexity index is 948. The van der Waals surface area contributed by atoms with Crippen LogP contribution in [0.5, 0.6) is 0 Å². The second kappa shape index (κ2) is 7.10. The van der Waals surface area contributed by atoms with Gasteiger partial charge in [0.2, 0.25) is 0 Å². The van der Waals surface area contributed by atoms with E-state index in [1.165, 1.54) is 0 Å². The Morgan fingerprint density at radius 1 is 1.04 bits per heavy atom. The van der Waals surface area contributed by atoms with Crippen LogP contribution in [0.15, 0.2) is 54.7 Å². The highest BCUT2D eigenvalue weighted by molar-refractivity contribution is 6.74. The minimum absolute atomic E-state index is 0.0168. The van der Waals surface area contributed by atoms with Gasteiger partial charge in [0.1, 0.15) is 0 Å². The van der Waals surface area contributed by atoms with E-state index in [-0.39, 0.29) is 16.9 Å². The van der Waals surface area contributed by atoms with Gasteiger partial charge in [0, 0.05) is 28.2 Å².